The van der Waals surface area contributed by atoms with Gasteiger partial charge in [-0.2, -0.15) is 15.0 Å². The van der Waals surface area contributed by atoms with E-state index in [9.17, 15) is 9.59 Å². The Kier molecular flexibility index (Phi) is 8.70. The maximum absolute atomic E-state index is 12.7. The molecule has 5 rings (SSSR count). The van der Waals surface area contributed by atoms with Crippen LogP contribution in [0.5, 0.6) is 5.75 Å². The molecule has 3 aromatic carbocycles. The van der Waals surface area contributed by atoms with Crippen molar-refractivity contribution >= 4 is 74.9 Å². The van der Waals surface area contributed by atoms with Gasteiger partial charge in [-0.05, 0) is 54.6 Å². The highest BCUT2D eigenvalue weighted by Gasteiger charge is 2.13. The third kappa shape index (κ3) is 7.68. The van der Waals surface area contributed by atoms with Crippen LogP contribution in [0, 0.1) is 0 Å². The minimum absolute atomic E-state index is 0.00613. The number of aromatic nitrogens is 4. The predicted molar refractivity (Wildman–Crippen MR) is 165 cm³/mol. The van der Waals surface area contributed by atoms with E-state index in [1.54, 1.807) is 67.8 Å². The van der Waals surface area contributed by atoms with Gasteiger partial charge in [0.05, 0.1) is 12.8 Å². The van der Waals surface area contributed by atoms with Crippen molar-refractivity contribution in [3.63, 3.8) is 0 Å². The van der Waals surface area contributed by atoms with Gasteiger partial charge in [0.15, 0.2) is 5.13 Å². The second-order valence-corrected chi connectivity index (χ2v) is 9.97. The lowest BCUT2D eigenvalue weighted by Gasteiger charge is -2.11. The average Bonchev–Trinajstić information content (AvgIpc) is 3.41. The SMILES string of the molecule is COc1ccc(Nc2nc(NC(=O)Nc3cccc(Cl)c3)nc(Nc3nc(-c4ccc(NC(C)=O)cc4)cs3)n2)cc1. The number of anilines is 7. The normalized spacial score (nSPS) is 10.5. The molecular formula is C28H24ClN9O3S. The highest BCUT2D eigenvalue weighted by Crippen LogP contribution is 2.28. The first-order valence-corrected chi connectivity index (χ1v) is 13.7. The van der Waals surface area contributed by atoms with Crippen LogP contribution in [0.2, 0.25) is 5.02 Å². The van der Waals surface area contributed by atoms with Crippen LogP contribution in [0.4, 0.5) is 44.8 Å². The van der Waals surface area contributed by atoms with Crippen LogP contribution in [-0.2, 0) is 4.79 Å². The number of nitrogens with one attached hydrogen (secondary N) is 5. The van der Waals surface area contributed by atoms with Crippen LogP contribution < -0.4 is 31.3 Å². The number of nitrogens with zero attached hydrogens (tertiary/aromatic N) is 4. The largest absolute Gasteiger partial charge is 0.497 e. The van der Waals surface area contributed by atoms with Gasteiger partial charge in [-0.1, -0.05) is 29.8 Å². The van der Waals surface area contributed by atoms with Gasteiger partial charge >= 0.3 is 6.03 Å². The number of hydrogen-bond acceptors (Lipinski definition) is 10. The van der Waals surface area contributed by atoms with Crippen molar-refractivity contribution in [2.24, 2.45) is 0 Å². The van der Waals surface area contributed by atoms with Crippen molar-refractivity contribution in [1.29, 1.82) is 0 Å². The fourth-order valence-corrected chi connectivity index (χ4v) is 4.57. The van der Waals surface area contributed by atoms with E-state index in [2.05, 4.69) is 46.5 Å². The molecule has 42 heavy (non-hydrogen) atoms. The topological polar surface area (TPSA) is 155 Å². The first kappa shape index (κ1) is 28.3. The van der Waals surface area contributed by atoms with Gasteiger partial charge in [-0.15, -0.1) is 11.3 Å². The summed E-state index contributed by atoms with van der Waals surface area (Å²) in [4.78, 5) is 41.8. The molecule has 14 heteroatoms. The Balaban J connectivity index is 1.36. The maximum atomic E-state index is 12.7. The van der Waals surface area contributed by atoms with Crippen LogP contribution in [-0.4, -0.2) is 39.0 Å². The van der Waals surface area contributed by atoms with Crippen LogP contribution >= 0.6 is 22.9 Å². The number of rotatable bonds is 9. The monoisotopic (exact) mass is 601 g/mol. The summed E-state index contributed by atoms with van der Waals surface area (Å²) in [5.74, 6) is 0.884. The van der Waals surface area contributed by atoms with Crippen molar-refractivity contribution in [3.8, 4) is 17.0 Å². The number of methoxy groups -OCH3 is 1. The van der Waals surface area contributed by atoms with Crippen LogP contribution in [0.3, 0.4) is 0 Å². The lowest BCUT2D eigenvalue weighted by atomic mass is 10.1. The minimum atomic E-state index is -0.566. The Morgan fingerprint density at radius 1 is 0.762 bits per heavy atom. The van der Waals surface area contributed by atoms with Crippen LogP contribution in [0.25, 0.3) is 11.3 Å². The number of carbonyl (C=O) groups is 2. The molecule has 0 aliphatic heterocycles. The van der Waals surface area contributed by atoms with E-state index in [0.29, 0.717) is 33.0 Å². The Hall–Kier alpha value is -5.27. The summed E-state index contributed by atoms with van der Waals surface area (Å²) in [6.45, 7) is 1.46. The van der Waals surface area contributed by atoms with Crippen molar-refractivity contribution in [2.75, 3.05) is 33.7 Å². The Bertz CT molecular complexity index is 1710. The molecule has 3 amide bonds. The number of amides is 3. The molecule has 0 unspecified atom stereocenters. The smallest absolute Gasteiger partial charge is 0.326 e. The van der Waals surface area contributed by atoms with E-state index in [4.69, 9.17) is 16.3 Å². The third-order valence-corrected chi connectivity index (χ3v) is 6.51. The zero-order valence-electron chi connectivity index (χ0n) is 22.3. The standard InChI is InChI=1S/C28H24ClN9O3S/c1-16(39)30-19-8-6-17(7-9-19)23-15-42-28(33-23)38-26-35-24(31-20-10-12-22(41-2)13-11-20)34-25(36-26)37-27(40)32-21-5-3-4-18(29)14-21/h3-15H,1-2H3,(H,30,39)(H4,31,32,33,34,35,36,37,38,40). The molecule has 0 aliphatic rings. The lowest BCUT2D eigenvalue weighted by molar-refractivity contribution is -0.114. The molecule has 212 valence electrons. The van der Waals surface area contributed by atoms with Crippen LogP contribution in [0.15, 0.2) is 78.2 Å². The zero-order chi connectivity index (χ0) is 29.5. The molecule has 5 N–H and O–H groups in total. The number of thiazole rings is 1. The van der Waals surface area contributed by atoms with E-state index in [1.807, 2.05) is 17.5 Å². The van der Waals surface area contributed by atoms with Crippen molar-refractivity contribution < 1.29 is 14.3 Å². The summed E-state index contributed by atoms with van der Waals surface area (Å²) in [6, 6.07) is 20.7. The highest BCUT2D eigenvalue weighted by molar-refractivity contribution is 7.14. The quantitative estimate of drug-likeness (QED) is 0.123. The Morgan fingerprint density at radius 3 is 2.14 bits per heavy atom. The molecule has 0 saturated heterocycles. The van der Waals surface area contributed by atoms with Crippen molar-refractivity contribution in [3.05, 3.63) is 83.2 Å². The first-order chi connectivity index (χ1) is 20.3. The summed E-state index contributed by atoms with van der Waals surface area (Å²) >= 11 is 7.37. The highest BCUT2D eigenvalue weighted by atomic mass is 35.5. The van der Waals surface area contributed by atoms with E-state index in [1.165, 1.54) is 18.3 Å². The fourth-order valence-electron chi connectivity index (χ4n) is 3.66. The molecule has 0 radical (unpaired) electrons. The second kappa shape index (κ2) is 12.9. The number of halogens is 1. The Morgan fingerprint density at radius 2 is 1.45 bits per heavy atom. The van der Waals surface area contributed by atoms with E-state index >= 15 is 0 Å². The van der Waals surface area contributed by atoms with Crippen molar-refractivity contribution in [2.45, 2.75) is 6.92 Å². The molecule has 0 fully saturated rings. The van der Waals surface area contributed by atoms with Gasteiger partial charge in [0.1, 0.15) is 5.75 Å². The number of ether oxygens (including phenoxy) is 1. The zero-order valence-corrected chi connectivity index (χ0v) is 23.9. The molecule has 0 bridgehead atoms. The summed E-state index contributed by atoms with van der Waals surface area (Å²) in [5, 5.41) is 17.1. The second-order valence-electron chi connectivity index (χ2n) is 8.67. The van der Waals surface area contributed by atoms with Gasteiger partial charge in [-0.25, -0.2) is 9.78 Å². The van der Waals surface area contributed by atoms with Gasteiger partial charge in [0.2, 0.25) is 23.8 Å². The van der Waals surface area contributed by atoms with E-state index in [0.717, 1.165) is 11.3 Å². The minimum Gasteiger partial charge on any atom is -0.497 e. The molecule has 12 nitrogen and oxygen atoms in total. The van der Waals surface area contributed by atoms with Gasteiger partial charge in [0.25, 0.3) is 0 Å². The molecule has 0 aliphatic carbocycles. The van der Waals surface area contributed by atoms with E-state index < -0.39 is 6.03 Å². The lowest BCUT2D eigenvalue weighted by Crippen LogP contribution is -2.21. The molecular weight excluding hydrogens is 578 g/mol. The molecule has 0 spiro atoms. The Labute approximate surface area is 249 Å². The van der Waals surface area contributed by atoms with Crippen molar-refractivity contribution in [1.82, 2.24) is 19.9 Å². The third-order valence-electron chi connectivity index (χ3n) is 5.51. The molecule has 2 aromatic heterocycles. The maximum Gasteiger partial charge on any atom is 0.326 e. The van der Waals surface area contributed by atoms with Gasteiger partial charge in [-0.3, -0.25) is 15.4 Å². The molecule has 0 saturated carbocycles. The predicted octanol–water partition coefficient (Wildman–Crippen LogP) is 6.75. The summed E-state index contributed by atoms with van der Waals surface area (Å²) in [6.07, 6.45) is 0. The van der Waals surface area contributed by atoms with Gasteiger partial charge in [0, 0.05) is 40.0 Å². The summed E-state index contributed by atoms with van der Waals surface area (Å²) in [5.41, 5.74) is 3.49. The van der Waals surface area contributed by atoms with Crippen LogP contribution in [0.1, 0.15) is 6.92 Å². The van der Waals surface area contributed by atoms with E-state index in [-0.39, 0.29) is 23.8 Å². The number of urea groups is 1. The summed E-state index contributed by atoms with van der Waals surface area (Å²) in [7, 11) is 1.59. The molecule has 2 heterocycles. The first-order valence-electron chi connectivity index (χ1n) is 12.4. The number of benzene rings is 3. The molecule has 5 aromatic rings. The summed E-state index contributed by atoms with van der Waals surface area (Å²) < 4.78 is 5.21. The number of carbonyl (C=O) groups excluding carboxylic acids is 2. The fraction of sp³-hybridized carbons (Fsp3) is 0.0714. The van der Waals surface area contributed by atoms with Gasteiger partial charge < -0.3 is 20.7 Å². The average molecular weight is 602 g/mol. The number of hydrogen-bond donors (Lipinski definition) is 5. The molecule has 0 atom stereocenters.